The number of ether oxygens (including phenoxy) is 1. The molecule has 2 aromatic carbocycles. The van der Waals surface area contributed by atoms with Crippen molar-refractivity contribution in [3.05, 3.63) is 78.3 Å². The molecule has 0 amide bonds. The zero-order valence-corrected chi connectivity index (χ0v) is 18.1. The van der Waals surface area contributed by atoms with E-state index in [1.54, 1.807) is 12.3 Å². The van der Waals surface area contributed by atoms with Gasteiger partial charge in [0, 0.05) is 55.0 Å². The molecule has 1 aliphatic carbocycles. The van der Waals surface area contributed by atoms with E-state index in [9.17, 15) is 4.79 Å². The lowest BCUT2D eigenvalue weighted by Gasteiger charge is -2.28. The molecule has 33 heavy (non-hydrogen) atoms. The molecule has 1 aliphatic heterocycles. The smallest absolute Gasteiger partial charge is 0.180 e. The number of hydrogen-bond acceptors (Lipinski definition) is 6. The van der Waals surface area contributed by atoms with Crippen LogP contribution >= 0.6 is 0 Å². The zero-order chi connectivity index (χ0) is 22.2. The van der Waals surface area contributed by atoms with Crippen molar-refractivity contribution in [2.75, 3.05) is 36.5 Å². The second-order valence-corrected chi connectivity index (χ2v) is 8.29. The van der Waals surface area contributed by atoms with Gasteiger partial charge < -0.3 is 19.4 Å². The van der Waals surface area contributed by atoms with Gasteiger partial charge in [-0.2, -0.15) is 0 Å². The van der Waals surface area contributed by atoms with Crippen molar-refractivity contribution >= 4 is 34.7 Å². The molecule has 3 heterocycles. The number of nitrogens with one attached hydrogen (secondary N) is 1. The molecule has 2 aromatic heterocycles. The summed E-state index contributed by atoms with van der Waals surface area (Å²) < 4.78 is 7.42. The molecule has 1 fully saturated rings. The highest BCUT2D eigenvalue weighted by molar-refractivity contribution is 5.98. The molecule has 7 heteroatoms. The molecule has 2 aliphatic rings. The third kappa shape index (κ3) is 3.87. The predicted molar refractivity (Wildman–Crippen MR) is 129 cm³/mol. The van der Waals surface area contributed by atoms with Gasteiger partial charge in [0.25, 0.3) is 0 Å². The first kappa shape index (κ1) is 19.7. The molecule has 0 atom stereocenters. The van der Waals surface area contributed by atoms with Gasteiger partial charge in [-0.05, 0) is 47.5 Å². The Morgan fingerprint density at radius 2 is 1.85 bits per heavy atom. The molecule has 0 bridgehead atoms. The summed E-state index contributed by atoms with van der Waals surface area (Å²) >= 11 is 0. The fourth-order valence-electron chi connectivity index (χ4n) is 4.38. The lowest BCUT2D eigenvalue weighted by Crippen LogP contribution is -2.36. The van der Waals surface area contributed by atoms with Crippen molar-refractivity contribution in [3.8, 4) is 11.3 Å². The Hall–Kier alpha value is -3.97. The van der Waals surface area contributed by atoms with Crippen LogP contribution in [0.2, 0.25) is 0 Å². The van der Waals surface area contributed by atoms with Gasteiger partial charge in [-0.1, -0.05) is 18.2 Å². The Bertz CT molecular complexity index is 1370. The first-order valence-electron chi connectivity index (χ1n) is 11.1. The third-order valence-corrected chi connectivity index (χ3v) is 6.13. The Balaban J connectivity index is 1.32. The lowest BCUT2D eigenvalue weighted by atomic mass is 9.94. The number of ketones is 1. The highest BCUT2D eigenvalue weighted by atomic mass is 16.5. The SMILES string of the molecule is O=C1C=Cc2ccc(-c3cn4ccnc4c(Nc4ccc(N5CCOCC5)cc4)n3)cc2C1. The van der Waals surface area contributed by atoms with Gasteiger partial charge in [0.1, 0.15) is 0 Å². The van der Waals surface area contributed by atoms with Crippen molar-refractivity contribution in [1.29, 1.82) is 0 Å². The first-order valence-corrected chi connectivity index (χ1v) is 11.1. The summed E-state index contributed by atoms with van der Waals surface area (Å²) in [5.74, 6) is 0.811. The summed E-state index contributed by atoms with van der Waals surface area (Å²) in [4.78, 5) is 23.6. The second kappa shape index (κ2) is 8.18. The fourth-order valence-corrected chi connectivity index (χ4v) is 4.38. The van der Waals surface area contributed by atoms with Crippen LogP contribution in [-0.2, 0) is 16.0 Å². The zero-order valence-electron chi connectivity index (χ0n) is 18.1. The van der Waals surface area contributed by atoms with E-state index in [-0.39, 0.29) is 5.78 Å². The third-order valence-electron chi connectivity index (χ3n) is 6.13. The van der Waals surface area contributed by atoms with Crippen molar-refractivity contribution in [3.63, 3.8) is 0 Å². The van der Waals surface area contributed by atoms with Crippen LogP contribution in [0, 0.1) is 0 Å². The molecule has 164 valence electrons. The number of carbonyl (C=O) groups is 1. The predicted octanol–water partition coefficient (Wildman–Crippen LogP) is 4.11. The molecular weight excluding hydrogens is 414 g/mol. The number of allylic oxidation sites excluding steroid dienone is 1. The topological polar surface area (TPSA) is 71.8 Å². The molecule has 4 aromatic rings. The van der Waals surface area contributed by atoms with Gasteiger partial charge >= 0.3 is 0 Å². The van der Waals surface area contributed by atoms with Gasteiger partial charge in [-0.3, -0.25) is 4.79 Å². The van der Waals surface area contributed by atoms with Crippen LogP contribution in [-0.4, -0.2) is 46.5 Å². The fraction of sp³-hybridized carbons (Fsp3) is 0.192. The van der Waals surface area contributed by atoms with Crippen molar-refractivity contribution in [2.24, 2.45) is 0 Å². The number of aromatic nitrogens is 3. The second-order valence-electron chi connectivity index (χ2n) is 8.29. The largest absolute Gasteiger partial charge is 0.378 e. The van der Waals surface area contributed by atoms with E-state index in [1.165, 1.54) is 5.69 Å². The minimum absolute atomic E-state index is 0.126. The molecule has 0 saturated carbocycles. The van der Waals surface area contributed by atoms with Crippen molar-refractivity contribution < 1.29 is 9.53 Å². The van der Waals surface area contributed by atoms with Crippen LogP contribution in [0.5, 0.6) is 0 Å². The molecule has 0 radical (unpaired) electrons. The normalized spacial score (nSPS) is 15.6. The van der Waals surface area contributed by atoms with Gasteiger partial charge in [0.15, 0.2) is 17.2 Å². The maximum absolute atomic E-state index is 11.9. The van der Waals surface area contributed by atoms with Gasteiger partial charge in [-0.25, -0.2) is 9.97 Å². The maximum Gasteiger partial charge on any atom is 0.180 e. The van der Waals surface area contributed by atoms with Gasteiger partial charge in [0.05, 0.1) is 18.9 Å². The average molecular weight is 438 g/mol. The summed E-state index contributed by atoms with van der Waals surface area (Å²) in [7, 11) is 0. The van der Waals surface area contributed by atoms with E-state index in [1.807, 2.05) is 35.0 Å². The van der Waals surface area contributed by atoms with E-state index in [2.05, 4.69) is 45.5 Å². The number of fused-ring (bicyclic) bond motifs is 2. The summed E-state index contributed by atoms with van der Waals surface area (Å²) in [5.41, 5.74) is 6.79. The molecule has 6 rings (SSSR count). The van der Waals surface area contributed by atoms with Crippen LogP contribution < -0.4 is 10.2 Å². The van der Waals surface area contributed by atoms with E-state index < -0.39 is 0 Å². The molecule has 1 N–H and O–H groups in total. The quantitative estimate of drug-likeness (QED) is 0.518. The van der Waals surface area contributed by atoms with E-state index in [0.717, 1.165) is 60.0 Å². The number of morpholine rings is 1. The van der Waals surface area contributed by atoms with Crippen molar-refractivity contribution in [2.45, 2.75) is 6.42 Å². The van der Waals surface area contributed by atoms with Crippen LogP contribution in [0.1, 0.15) is 11.1 Å². The first-order chi connectivity index (χ1) is 16.2. The number of nitrogens with zero attached hydrogens (tertiary/aromatic N) is 4. The van der Waals surface area contributed by atoms with Crippen LogP contribution in [0.4, 0.5) is 17.2 Å². The molecule has 1 saturated heterocycles. The Kier molecular flexibility index (Phi) is 4.88. The van der Waals surface area contributed by atoms with Crippen molar-refractivity contribution in [1.82, 2.24) is 14.4 Å². The number of imidazole rings is 1. The highest BCUT2D eigenvalue weighted by Gasteiger charge is 2.15. The highest BCUT2D eigenvalue weighted by Crippen LogP contribution is 2.28. The molecule has 7 nitrogen and oxygen atoms in total. The summed E-state index contributed by atoms with van der Waals surface area (Å²) in [5, 5.41) is 3.44. The number of rotatable bonds is 4. The minimum Gasteiger partial charge on any atom is -0.378 e. The van der Waals surface area contributed by atoms with E-state index >= 15 is 0 Å². The number of benzene rings is 2. The van der Waals surface area contributed by atoms with Crippen LogP contribution in [0.25, 0.3) is 23.0 Å². The Morgan fingerprint density at radius 1 is 1.00 bits per heavy atom. The standard InChI is InChI=1S/C26H23N5O2/c32-23-8-3-18-1-2-19(15-20(18)16-23)24-17-31-10-9-27-26(31)25(29-24)28-21-4-6-22(7-5-21)30-11-13-33-14-12-30/h1-10,15,17H,11-14,16H2,(H,28,29). The monoisotopic (exact) mass is 437 g/mol. The number of carbonyl (C=O) groups excluding carboxylic acids is 1. The number of hydrogen-bond donors (Lipinski definition) is 1. The number of anilines is 3. The van der Waals surface area contributed by atoms with Crippen LogP contribution in [0.15, 0.2) is 67.1 Å². The molecule has 0 unspecified atom stereocenters. The summed E-state index contributed by atoms with van der Waals surface area (Å²) in [6, 6.07) is 14.5. The molecular formula is C26H23N5O2. The van der Waals surface area contributed by atoms with Gasteiger partial charge in [0.2, 0.25) is 0 Å². The summed E-state index contributed by atoms with van der Waals surface area (Å²) in [6.45, 7) is 3.35. The Labute approximate surface area is 191 Å². The lowest BCUT2D eigenvalue weighted by molar-refractivity contribution is -0.114. The van der Waals surface area contributed by atoms with Crippen LogP contribution in [0.3, 0.4) is 0 Å². The van der Waals surface area contributed by atoms with E-state index in [4.69, 9.17) is 9.72 Å². The summed E-state index contributed by atoms with van der Waals surface area (Å²) in [6.07, 6.45) is 9.60. The average Bonchev–Trinajstić information content (AvgIpc) is 3.34. The van der Waals surface area contributed by atoms with E-state index in [0.29, 0.717) is 12.2 Å². The molecule has 0 spiro atoms. The van der Waals surface area contributed by atoms with Gasteiger partial charge in [-0.15, -0.1) is 0 Å². The maximum atomic E-state index is 11.9. The Morgan fingerprint density at radius 3 is 2.70 bits per heavy atom. The minimum atomic E-state index is 0.126.